The van der Waals surface area contributed by atoms with Gasteiger partial charge in [0.25, 0.3) is 0 Å². The fraction of sp³-hybridized carbons (Fsp3) is 0. The van der Waals surface area contributed by atoms with Gasteiger partial charge in [0.15, 0.2) is 12.8 Å². The average Bonchev–Trinajstić information content (AvgIpc) is 2.83. The Balaban J connectivity index is -0.0000000692. The van der Waals surface area contributed by atoms with Crippen molar-refractivity contribution in [3.05, 3.63) is 37.7 Å². The Kier molecular flexibility index (Phi) is 32.6. The molecule has 0 spiro atoms. The Morgan fingerprint density at radius 1 is 0.765 bits per heavy atom. The molecule has 2 aromatic heterocycles. The summed E-state index contributed by atoms with van der Waals surface area (Å²) in [5.74, 6) is 0. The zero-order chi connectivity index (χ0) is 10.6. The van der Waals surface area contributed by atoms with Gasteiger partial charge < -0.3 is 23.9 Å². The smallest absolute Gasteiger partial charge is 0.907 e. The van der Waals surface area contributed by atoms with Gasteiger partial charge in [-0.15, -0.1) is 0 Å². The fourth-order valence-electron chi connectivity index (χ4n) is 0.351. The Morgan fingerprint density at radius 3 is 1.12 bits per heavy atom. The van der Waals surface area contributed by atoms with Crippen molar-refractivity contribution in [1.82, 2.24) is 9.97 Å². The summed E-state index contributed by atoms with van der Waals surface area (Å²) in [4.78, 5) is 7.11. The molecule has 0 aliphatic rings. The quantitative estimate of drug-likeness (QED) is 0.402. The summed E-state index contributed by atoms with van der Waals surface area (Å²) in [5.41, 5.74) is 0. The third kappa shape index (κ3) is 31.4. The molecule has 0 bridgehead atoms. The van der Waals surface area contributed by atoms with Crippen LogP contribution in [-0.4, -0.2) is 17.3 Å². The van der Waals surface area contributed by atoms with Crippen molar-refractivity contribution in [3.63, 3.8) is 0 Å². The van der Waals surface area contributed by atoms with Gasteiger partial charge >= 0.3 is 56.6 Å². The predicted molar refractivity (Wildman–Crippen MR) is 38.8 cm³/mol. The van der Waals surface area contributed by atoms with E-state index in [0.717, 1.165) is 0 Å². The van der Waals surface area contributed by atoms with Crippen molar-refractivity contribution >= 4 is 7.32 Å². The molecule has 2 aromatic rings. The van der Waals surface area contributed by atoms with Crippen molar-refractivity contribution in [2.24, 2.45) is 0 Å². The zero-order valence-electron chi connectivity index (χ0n) is 9.98. The largest absolute Gasteiger partial charge is 1.00 e. The minimum atomic E-state index is -2.92. The van der Waals surface area contributed by atoms with Gasteiger partial charge in [-0.1, -0.05) is 0 Å². The SMILES string of the molecule is [Li+].[Li+].[Li+].[O-]B([O-])[O-].c1cocn1.c1cocn1. The van der Waals surface area contributed by atoms with Crippen LogP contribution < -0.4 is 71.7 Å². The summed E-state index contributed by atoms with van der Waals surface area (Å²) in [6, 6.07) is 0. The zero-order valence-corrected chi connectivity index (χ0v) is 9.98. The molecule has 0 saturated heterocycles. The first-order valence-electron chi connectivity index (χ1n) is 3.35. The molecular formula is C6H6BLi3N2O5. The van der Waals surface area contributed by atoms with Crippen LogP contribution in [-0.2, 0) is 0 Å². The minimum absolute atomic E-state index is 0. The molecule has 11 heteroatoms. The van der Waals surface area contributed by atoms with Gasteiger partial charge in [-0.25, -0.2) is 9.97 Å². The van der Waals surface area contributed by atoms with Crippen molar-refractivity contribution in [3.8, 4) is 0 Å². The van der Waals surface area contributed by atoms with Crippen LogP contribution in [0.2, 0.25) is 0 Å². The van der Waals surface area contributed by atoms with Gasteiger partial charge in [0, 0.05) is 0 Å². The molecule has 0 aromatic carbocycles. The standard InChI is InChI=1S/2C3H3NO.BO3.3Li/c2*1-2-5-3-4-1;2-1(3)4;;;/h2*1-3H;;;;/q;;-3;3*+1. The summed E-state index contributed by atoms with van der Waals surface area (Å²) in [6.45, 7) is 0. The molecule has 2 heterocycles. The molecule has 0 saturated carbocycles. The topological polar surface area (TPSA) is 121 Å². The maximum atomic E-state index is 8.42. The van der Waals surface area contributed by atoms with E-state index in [4.69, 9.17) is 15.1 Å². The van der Waals surface area contributed by atoms with E-state index in [9.17, 15) is 0 Å². The molecule has 0 unspecified atom stereocenters. The van der Waals surface area contributed by atoms with E-state index >= 15 is 0 Å². The van der Waals surface area contributed by atoms with Crippen LogP contribution in [0.5, 0.6) is 0 Å². The van der Waals surface area contributed by atoms with E-state index in [-0.39, 0.29) is 56.6 Å². The van der Waals surface area contributed by atoms with Gasteiger partial charge in [0.2, 0.25) is 0 Å². The molecule has 0 aliphatic carbocycles. The van der Waals surface area contributed by atoms with Crippen LogP contribution in [0.15, 0.2) is 46.5 Å². The third-order valence-electron chi connectivity index (χ3n) is 0.694. The maximum absolute atomic E-state index is 8.42. The minimum Gasteiger partial charge on any atom is -0.907 e. The van der Waals surface area contributed by atoms with E-state index in [2.05, 4.69) is 18.8 Å². The van der Waals surface area contributed by atoms with E-state index < -0.39 is 7.32 Å². The van der Waals surface area contributed by atoms with Crippen LogP contribution in [0.4, 0.5) is 0 Å². The first kappa shape index (κ1) is 25.9. The molecule has 0 N–H and O–H groups in total. The van der Waals surface area contributed by atoms with Gasteiger partial charge in [0.1, 0.15) is 12.5 Å². The molecule has 7 nitrogen and oxygen atoms in total. The first-order valence-corrected chi connectivity index (χ1v) is 3.35. The van der Waals surface area contributed by atoms with E-state index in [1.165, 1.54) is 25.3 Å². The summed E-state index contributed by atoms with van der Waals surface area (Å²) in [6.07, 6.45) is 8.94. The summed E-state index contributed by atoms with van der Waals surface area (Å²) >= 11 is 0. The van der Waals surface area contributed by atoms with Crippen LogP contribution in [0.1, 0.15) is 0 Å². The molecule has 17 heavy (non-hydrogen) atoms. The number of nitrogens with zero attached hydrogens (tertiary/aromatic N) is 2. The fourth-order valence-corrected chi connectivity index (χ4v) is 0.351. The van der Waals surface area contributed by atoms with Gasteiger partial charge in [-0.3, -0.25) is 7.32 Å². The molecule has 76 valence electrons. The predicted octanol–water partition coefficient (Wildman–Crippen LogP) is -11.6. The Hall–Kier alpha value is 0.157. The van der Waals surface area contributed by atoms with Crippen LogP contribution in [0, 0.1) is 0 Å². The Labute approximate surface area is 135 Å². The van der Waals surface area contributed by atoms with Crippen LogP contribution in [0.25, 0.3) is 0 Å². The van der Waals surface area contributed by atoms with E-state index in [1.807, 2.05) is 0 Å². The van der Waals surface area contributed by atoms with Crippen molar-refractivity contribution in [2.75, 3.05) is 0 Å². The average molecular weight is 218 g/mol. The molecular weight excluding hydrogens is 212 g/mol. The normalized spacial score (nSPS) is 6.29. The van der Waals surface area contributed by atoms with Crippen molar-refractivity contribution in [2.45, 2.75) is 0 Å². The van der Waals surface area contributed by atoms with Crippen molar-refractivity contribution in [1.29, 1.82) is 0 Å². The molecule has 0 aliphatic heterocycles. The van der Waals surface area contributed by atoms with Gasteiger partial charge in [-0.05, 0) is 0 Å². The Bertz CT molecular complexity index is 208. The monoisotopic (exact) mass is 218 g/mol. The van der Waals surface area contributed by atoms with E-state index in [0.29, 0.717) is 0 Å². The second kappa shape index (κ2) is 21.4. The van der Waals surface area contributed by atoms with Gasteiger partial charge in [-0.2, -0.15) is 0 Å². The third-order valence-corrected chi connectivity index (χ3v) is 0.694. The van der Waals surface area contributed by atoms with Gasteiger partial charge in [0.05, 0.1) is 12.4 Å². The summed E-state index contributed by atoms with van der Waals surface area (Å²) < 4.78 is 8.94. The van der Waals surface area contributed by atoms with Crippen LogP contribution >= 0.6 is 0 Å². The van der Waals surface area contributed by atoms with Crippen LogP contribution in [0.3, 0.4) is 0 Å². The Morgan fingerprint density at radius 2 is 1.06 bits per heavy atom. The number of oxazole rings is 2. The number of aromatic nitrogens is 2. The summed E-state index contributed by atoms with van der Waals surface area (Å²) in [5, 5.41) is 25.2. The maximum Gasteiger partial charge on any atom is 1.00 e. The second-order valence-corrected chi connectivity index (χ2v) is 1.64. The number of hydrogen-bond donors (Lipinski definition) is 0. The summed E-state index contributed by atoms with van der Waals surface area (Å²) in [7, 11) is -2.92. The molecule has 2 rings (SSSR count). The molecule has 0 radical (unpaired) electrons. The molecule has 0 fully saturated rings. The number of hydrogen-bond acceptors (Lipinski definition) is 7. The molecule has 0 atom stereocenters. The second-order valence-electron chi connectivity index (χ2n) is 1.64. The first-order chi connectivity index (χ1) is 6.73. The molecule has 0 amide bonds. The number of rotatable bonds is 0. The van der Waals surface area contributed by atoms with E-state index in [1.54, 1.807) is 12.4 Å². The van der Waals surface area contributed by atoms with Crippen molar-refractivity contribution < 1.29 is 80.5 Å².